The van der Waals surface area contributed by atoms with Crippen LogP contribution in [0.5, 0.6) is 11.6 Å². The average molecular weight is 589 g/mol. The number of carbonyl (C=O) groups excluding carboxylic acids is 1. The van der Waals surface area contributed by atoms with Crippen molar-refractivity contribution in [2.45, 2.75) is 52.8 Å². The van der Waals surface area contributed by atoms with Gasteiger partial charge in [0.1, 0.15) is 37.3 Å². The number of fused-ring (bicyclic) bond motifs is 1. The molecular weight excluding hydrogens is 553 g/mol. The van der Waals surface area contributed by atoms with E-state index >= 15 is 0 Å². The van der Waals surface area contributed by atoms with Crippen LogP contribution in [0.4, 0.5) is 5.82 Å². The standard InChI is InChI=1S/C34H36N6O2Si/c1-21-16-24(14-15-43(7,8)34(3,4)5)36-18-27(21)31-29(30-32(35)37-20-38-33(30)40(31)6)26-13-12-25(17-23(26)19-41)42-28-11-9-10-22(2)39-28/h9-13,16-20H,1-8H3,(H2,35,37,38). The van der Waals surface area contributed by atoms with Crippen molar-refractivity contribution in [2.24, 2.45) is 7.05 Å². The number of hydrogen-bond donors (Lipinski definition) is 1. The van der Waals surface area contributed by atoms with Gasteiger partial charge in [-0.05, 0) is 60.3 Å². The third-order valence-corrected chi connectivity index (χ3v) is 12.7. The van der Waals surface area contributed by atoms with E-state index in [0.717, 1.165) is 40.1 Å². The molecule has 9 heteroatoms. The number of aryl methyl sites for hydroxylation is 3. The fourth-order valence-electron chi connectivity index (χ4n) is 4.76. The maximum Gasteiger partial charge on any atom is 0.219 e. The molecule has 5 aromatic rings. The Kier molecular flexibility index (Phi) is 7.67. The molecule has 0 spiro atoms. The van der Waals surface area contributed by atoms with Gasteiger partial charge in [0, 0.05) is 41.7 Å². The number of aldehydes is 1. The maximum atomic E-state index is 12.5. The number of pyridine rings is 2. The highest BCUT2D eigenvalue weighted by atomic mass is 28.3. The number of carbonyl (C=O) groups is 1. The molecule has 0 saturated heterocycles. The van der Waals surface area contributed by atoms with Gasteiger partial charge >= 0.3 is 0 Å². The summed E-state index contributed by atoms with van der Waals surface area (Å²) in [6.45, 7) is 15.2. The van der Waals surface area contributed by atoms with Crippen molar-refractivity contribution in [3.8, 4) is 45.5 Å². The molecule has 43 heavy (non-hydrogen) atoms. The molecule has 218 valence electrons. The number of nitrogens with two attached hydrogens (primary N) is 1. The number of benzene rings is 1. The molecule has 2 N–H and O–H groups in total. The maximum absolute atomic E-state index is 12.5. The van der Waals surface area contributed by atoms with Gasteiger partial charge in [-0.15, -0.1) is 5.54 Å². The smallest absolute Gasteiger partial charge is 0.219 e. The fourth-order valence-corrected chi connectivity index (χ4v) is 5.57. The first kappa shape index (κ1) is 29.7. The van der Waals surface area contributed by atoms with E-state index in [1.54, 1.807) is 12.1 Å². The van der Waals surface area contributed by atoms with Crippen LogP contribution in [0.2, 0.25) is 18.1 Å². The predicted molar refractivity (Wildman–Crippen MR) is 175 cm³/mol. The first-order chi connectivity index (χ1) is 20.3. The lowest BCUT2D eigenvalue weighted by atomic mass is 9.94. The van der Waals surface area contributed by atoms with Crippen LogP contribution in [0.25, 0.3) is 33.4 Å². The third kappa shape index (κ3) is 5.66. The number of rotatable bonds is 5. The summed E-state index contributed by atoms with van der Waals surface area (Å²) in [6.07, 6.45) is 4.11. The van der Waals surface area contributed by atoms with E-state index in [4.69, 9.17) is 15.5 Å². The molecule has 0 unspecified atom stereocenters. The molecule has 0 aliphatic rings. The van der Waals surface area contributed by atoms with Crippen molar-refractivity contribution in [3.05, 3.63) is 77.5 Å². The van der Waals surface area contributed by atoms with Gasteiger partial charge < -0.3 is 15.0 Å². The summed E-state index contributed by atoms with van der Waals surface area (Å²) in [5, 5.41) is 0.819. The topological polar surface area (TPSA) is 109 Å². The van der Waals surface area contributed by atoms with Gasteiger partial charge in [-0.25, -0.2) is 19.9 Å². The number of anilines is 1. The Hall–Kier alpha value is -4.81. The molecule has 0 aliphatic carbocycles. The van der Waals surface area contributed by atoms with Gasteiger partial charge in [-0.3, -0.25) is 4.79 Å². The molecule has 4 aromatic heterocycles. The molecule has 0 bridgehead atoms. The van der Waals surface area contributed by atoms with Crippen molar-refractivity contribution >= 4 is 31.2 Å². The van der Waals surface area contributed by atoms with E-state index in [0.29, 0.717) is 39.6 Å². The number of nitrogens with zero attached hydrogens (tertiary/aromatic N) is 5. The third-order valence-electron chi connectivity index (χ3n) is 8.25. The molecule has 0 fully saturated rings. The van der Waals surface area contributed by atoms with Crippen molar-refractivity contribution in [3.63, 3.8) is 0 Å². The molecule has 4 heterocycles. The highest BCUT2D eigenvalue weighted by molar-refractivity contribution is 6.87. The largest absolute Gasteiger partial charge is 0.439 e. The SMILES string of the molecule is Cc1cccc(Oc2ccc(-c3c(-c4cnc(C#C[Si](C)(C)C(C)(C)C)cc4C)n(C)c4ncnc(N)c34)c(C=O)c2)n1. The van der Waals surface area contributed by atoms with Gasteiger partial charge in [0.2, 0.25) is 5.88 Å². The number of ether oxygens (including phenoxy) is 1. The minimum Gasteiger partial charge on any atom is -0.439 e. The van der Waals surface area contributed by atoms with Crippen LogP contribution in [0.1, 0.15) is 48.1 Å². The molecule has 1 aromatic carbocycles. The summed E-state index contributed by atoms with van der Waals surface area (Å²) in [5.41, 5.74) is 16.8. The lowest BCUT2D eigenvalue weighted by Gasteiger charge is -2.31. The number of nitrogen functional groups attached to an aromatic ring is 1. The lowest BCUT2D eigenvalue weighted by molar-refractivity contribution is 0.112. The predicted octanol–water partition coefficient (Wildman–Crippen LogP) is 7.30. The van der Waals surface area contributed by atoms with E-state index in [-0.39, 0.29) is 5.04 Å². The molecular formula is C34H36N6O2Si. The van der Waals surface area contributed by atoms with Gasteiger partial charge in [0.25, 0.3) is 0 Å². The zero-order valence-corrected chi connectivity index (χ0v) is 26.9. The normalized spacial score (nSPS) is 11.7. The van der Waals surface area contributed by atoms with E-state index in [2.05, 4.69) is 60.3 Å². The molecule has 0 radical (unpaired) electrons. The van der Waals surface area contributed by atoms with Gasteiger partial charge in [0.15, 0.2) is 6.29 Å². The first-order valence-corrected chi connectivity index (χ1v) is 17.1. The van der Waals surface area contributed by atoms with Crippen LogP contribution in [-0.2, 0) is 7.05 Å². The summed E-state index contributed by atoms with van der Waals surface area (Å²) < 4.78 is 7.95. The zero-order chi connectivity index (χ0) is 31.1. The quantitative estimate of drug-likeness (QED) is 0.130. The lowest BCUT2D eigenvalue weighted by Crippen LogP contribution is -2.35. The van der Waals surface area contributed by atoms with Crippen LogP contribution < -0.4 is 10.5 Å². The molecule has 8 nitrogen and oxygen atoms in total. The number of hydrogen-bond acceptors (Lipinski definition) is 7. The average Bonchev–Trinajstić information content (AvgIpc) is 3.24. The van der Waals surface area contributed by atoms with Crippen LogP contribution >= 0.6 is 0 Å². The second-order valence-electron chi connectivity index (χ2n) is 12.3. The Balaban J connectivity index is 1.67. The first-order valence-electron chi connectivity index (χ1n) is 14.1. The molecule has 0 saturated carbocycles. The Morgan fingerprint density at radius 3 is 2.47 bits per heavy atom. The van der Waals surface area contributed by atoms with E-state index in [1.165, 1.54) is 6.33 Å². The Labute approximate surface area is 253 Å². The van der Waals surface area contributed by atoms with Crippen molar-refractivity contribution in [2.75, 3.05) is 5.73 Å². The molecule has 0 aliphatic heterocycles. The summed E-state index contributed by atoms with van der Waals surface area (Å²) >= 11 is 0. The van der Waals surface area contributed by atoms with Crippen molar-refractivity contribution in [1.82, 2.24) is 24.5 Å². The highest BCUT2D eigenvalue weighted by Crippen LogP contribution is 2.44. The summed E-state index contributed by atoms with van der Waals surface area (Å²) in [5.74, 6) is 4.61. The van der Waals surface area contributed by atoms with Crippen LogP contribution in [0, 0.1) is 25.3 Å². The van der Waals surface area contributed by atoms with Gasteiger partial charge in [0.05, 0.1) is 11.1 Å². The second kappa shape index (κ2) is 11.1. The zero-order valence-electron chi connectivity index (χ0n) is 25.9. The van der Waals surface area contributed by atoms with E-state index in [1.807, 2.05) is 62.0 Å². The fraction of sp³-hybridized carbons (Fsp3) is 0.265. The molecule has 5 rings (SSSR count). The van der Waals surface area contributed by atoms with Gasteiger partial charge in [-0.1, -0.05) is 45.9 Å². The van der Waals surface area contributed by atoms with Gasteiger partial charge in [-0.2, -0.15) is 0 Å². The minimum absolute atomic E-state index is 0.154. The summed E-state index contributed by atoms with van der Waals surface area (Å²) in [6, 6.07) is 12.9. The van der Waals surface area contributed by atoms with Crippen LogP contribution in [-0.4, -0.2) is 38.9 Å². The van der Waals surface area contributed by atoms with E-state index < -0.39 is 8.07 Å². The monoisotopic (exact) mass is 588 g/mol. The van der Waals surface area contributed by atoms with Crippen molar-refractivity contribution in [1.29, 1.82) is 0 Å². The summed E-state index contributed by atoms with van der Waals surface area (Å²) in [4.78, 5) is 30.5. The van der Waals surface area contributed by atoms with Crippen LogP contribution in [0.3, 0.4) is 0 Å². The second-order valence-corrected chi connectivity index (χ2v) is 17.3. The van der Waals surface area contributed by atoms with E-state index in [9.17, 15) is 4.79 Å². The van der Waals surface area contributed by atoms with Crippen molar-refractivity contribution < 1.29 is 9.53 Å². The Bertz CT molecular complexity index is 1940. The Morgan fingerprint density at radius 1 is 1.02 bits per heavy atom. The molecule has 0 amide bonds. The minimum atomic E-state index is -1.80. The summed E-state index contributed by atoms with van der Waals surface area (Å²) in [7, 11) is 0.132. The highest BCUT2D eigenvalue weighted by Gasteiger charge is 2.33. The number of aromatic nitrogens is 5. The Morgan fingerprint density at radius 2 is 1.79 bits per heavy atom. The molecule has 0 atom stereocenters. The van der Waals surface area contributed by atoms with Crippen LogP contribution in [0.15, 0.2) is 55.0 Å².